The van der Waals surface area contributed by atoms with E-state index in [9.17, 15) is 0 Å². The highest BCUT2D eigenvalue weighted by Crippen LogP contribution is 2.51. The lowest BCUT2D eigenvalue weighted by Crippen LogP contribution is -2.40. The fraction of sp³-hybridized carbons (Fsp3) is 1.00. The molecule has 1 nitrogen and oxygen atoms in total. The average molecular weight is 239 g/mol. The van der Waals surface area contributed by atoms with Crippen LogP contribution in [0.3, 0.4) is 0 Å². The van der Waals surface area contributed by atoms with Gasteiger partial charge in [0.15, 0.2) is 0 Å². The zero-order valence-corrected chi connectivity index (χ0v) is 12.8. The van der Waals surface area contributed by atoms with E-state index in [1.54, 1.807) is 0 Å². The summed E-state index contributed by atoms with van der Waals surface area (Å²) in [6, 6.07) is 0.431. The highest BCUT2D eigenvalue weighted by Gasteiger charge is 2.42. The summed E-state index contributed by atoms with van der Waals surface area (Å²) in [4.78, 5) is 0. The standard InChI is InChI=1S/C16H33N/c1-7-15(3,4)16(5,6)13-9-8-10-14(17)12(2)11-13/h12-14H,7-11,17H2,1-6H3/t12-,13?,14-/m0/s1. The van der Waals surface area contributed by atoms with E-state index < -0.39 is 0 Å². The van der Waals surface area contributed by atoms with Crippen LogP contribution in [0.15, 0.2) is 0 Å². The van der Waals surface area contributed by atoms with E-state index in [4.69, 9.17) is 5.73 Å². The monoisotopic (exact) mass is 239 g/mol. The molecular weight excluding hydrogens is 206 g/mol. The Morgan fingerprint density at radius 2 is 1.71 bits per heavy atom. The quantitative estimate of drug-likeness (QED) is 0.716. The Morgan fingerprint density at radius 3 is 2.24 bits per heavy atom. The molecule has 0 bridgehead atoms. The Kier molecular flexibility index (Phi) is 4.68. The van der Waals surface area contributed by atoms with Crippen LogP contribution in [0.4, 0.5) is 0 Å². The summed E-state index contributed by atoms with van der Waals surface area (Å²) >= 11 is 0. The second-order valence-corrected chi connectivity index (χ2v) is 7.46. The summed E-state index contributed by atoms with van der Waals surface area (Å²) < 4.78 is 0. The average Bonchev–Trinajstić information content (AvgIpc) is 2.42. The number of nitrogens with two attached hydrogens (primary N) is 1. The van der Waals surface area contributed by atoms with E-state index >= 15 is 0 Å². The van der Waals surface area contributed by atoms with Crippen molar-refractivity contribution in [2.75, 3.05) is 0 Å². The summed E-state index contributed by atoms with van der Waals surface area (Å²) in [5.41, 5.74) is 7.06. The Balaban J connectivity index is 2.84. The highest BCUT2D eigenvalue weighted by molar-refractivity contribution is 4.93. The molecular formula is C16H33N. The van der Waals surface area contributed by atoms with E-state index in [0.29, 0.717) is 22.8 Å². The molecule has 3 atom stereocenters. The van der Waals surface area contributed by atoms with Gasteiger partial charge in [0.2, 0.25) is 0 Å². The van der Waals surface area contributed by atoms with Crippen molar-refractivity contribution in [3.63, 3.8) is 0 Å². The van der Waals surface area contributed by atoms with Crippen molar-refractivity contribution in [3.8, 4) is 0 Å². The van der Waals surface area contributed by atoms with Gasteiger partial charge >= 0.3 is 0 Å². The predicted molar refractivity (Wildman–Crippen MR) is 77.0 cm³/mol. The van der Waals surface area contributed by atoms with Crippen molar-refractivity contribution in [2.24, 2.45) is 28.4 Å². The Bertz CT molecular complexity index is 242. The van der Waals surface area contributed by atoms with Crippen LogP contribution in [0, 0.1) is 22.7 Å². The Hall–Kier alpha value is -0.0400. The molecule has 1 heteroatoms. The molecule has 0 spiro atoms. The van der Waals surface area contributed by atoms with E-state index in [2.05, 4.69) is 41.5 Å². The SMILES string of the molecule is CCC(C)(C)C(C)(C)C1CCC[C@H](N)[C@@H](C)C1. The third-order valence-corrected chi connectivity index (χ3v) is 6.13. The smallest absolute Gasteiger partial charge is 0.00646 e. The molecule has 1 saturated carbocycles. The van der Waals surface area contributed by atoms with E-state index in [1.165, 1.54) is 32.1 Å². The van der Waals surface area contributed by atoms with Gasteiger partial charge in [0.05, 0.1) is 0 Å². The largest absolute Gasteiger partial charge is 0.327 e. The predicted octanol–water partition coefficient (Wildman–Crippen LogP) is 4.60. The van der Waals surface area contributed by atoms with E-state index in [1.807, 2.05) is 0 Å². The summed E-state index contributed by atoms with van der Waals surface area (Å²) in [7, 11) is 0. The van der Waals surface area contributed by atoms with Crippen LogP contribution in [0.5, 0.6) is 0 Å². The van der Waals surface area contributed by atoms with Crippen molar-refractivity contribution in [1.29, 1.82) is 0 Å². The third kappa shape index (κ3) is 3.05. The van der Waals surface area contributed by atoms with Gasteiger partial charge in [0.25, 0.3) is 0 Å². The zero-order chi connectivity index (χ0) is 13.3. The van der Waals surface area contributed by atoms with Crippen LogP contribution < -0.4 is 5.73 Å². The first-order chi connectivity index (χ1) is 7.72. The van der Waals surface area contributed by atoms with Crippen LogP contribution in [-0.2, 0) is 0 Å². The van der Waals surface area contributed by atoms with Gasteiger partial charge in [-0.05, 0) is 41.9 Å². The fourth-order valence-corrected chi connectivity index (χ4v) is 3.29. The fourth-order valence-electron chi connectivity index (χ4n) is 3.29. The number of rotatable bonds is 3. The Morgan fingerprint density at radius 1 is 1.12 bits per heavy atom. The maximum Gasteiger partial charge on any atom is 0.00646 e. The molecule has 102 valence electrons. The first-order valence-electron chi connectivity index (χ1n) is 7.48. The summed E-state index contributed by atoms with van der Waals surface area (Å²) in [6.07, 6.45) is 6.49. The molecule has 2 N–H and O–H groups in total. The lowest BCUT2D eigenvalue weighted by Gasteiger charge is -2.47. The van der Waals surface area contributed by atoms with Gasteiger partial charge < -0.3 is 5.73 Å². The maximum absolute atomic E-state index is 6.23. The minimum atomic E-state index is 0.417. The summed E-state index contributed by atoms with van der Waals surface area (Å²) in [5.74, 6) is 1.52. The van der Waals surface area contributed by atoms with Gasteiger partial charge in [-0.1, -0.05) is 54.4 Å². The van der Waals surface area contributed by atoms with Gasteiger partial charge in [-0.15, -0.1) is 0 Å². The van der Waals surface area contributed by atoms with E-state index in [-0.39, 0.29) is 0 Å². The minimum absolute atomic E-state index is 0.417. The second-order valence-electron chi connectivity index (χ2n) is 7.46. The van der Waals surface area contributed by atoms with Gasteiger partial charge in [-0.25, -0.2) is 0 Å². The first-order valence-corrected chi connectivity index (χ1v) is 7.48. The second kappa shape index (κ2) is 5.30. The molecule has 1 rings (SSSR count). The molecule has 0 aromatic carbocycles. The molecule has 0 aromatic heterocycles. The van der Waals surface area contributed by atoms with Crippen molar-refractivity contribution in [1.82, 2.24) is 0 Å². The minimum Gasteiger partial charge on any atom is -0.327 e. The zero-order valence-electron chi connectivity index (χ0n) is 12.8. The van der Waals surface area contributed by atoms with Crippen LogP contribution in [-0.4, -0.2) is 6.04 Å². The van der Waals surface area contributed by atoms with Crippen molar-refractivity contribution >= 4 is 0 Å². The Labute approximate surface area is 109 Å². The molecule has 0 saturated heterocycles. The van der Waals surface area contributed by atoms with Gasteiger partial charge in [-0.3, -0.25) is 0 Å². The van der Waals surface area contributed by atoms with Crippen LogP contribution in [0.25, 0.3) is 0 Å². The lowest BCUT2D eigenvalue weighted by atomic mass is 9.58. The first kappa shape index (κ1) is 15.0. The molecule has 0 aromatic rings. The third-order valence-electron chi connectivity index (χ3n) is 6.13. The van der Waals surface area contributed by atoms with E-state index in [0.717, 1.165) is 5.92 Å². The number of hydrogen-bond acceptors (Lipinski definition) is 1. The normalized spacial score (nSPS) is 32.3. The molecule has 1 unspecified atom stereocenters. The molecule has 1 fully saturated rings. The molecule has 17 heavy (non-hydrogen) atoms. The molecule has 0 radical (unpaired) electrons. The molecule has 0 heterocycles. The van der Waals surface area contributed by atoms with Crippen LogP contribution in [0.2, 0.25) is 0 Å². The maximum atomic E-state index is 6.23. The molecule has 1 aliphatic rings. The van der Waals surface area contributed by atoms with Gasteiger partial charge in [0, 0.05) is 6.04 Å². The van der Waals surface area contributed by atoms with Crippen molar-refractivity contribution in [2.45, 2.75) is 79.7 Å². The molecule has 0 aliphatic heterocycles. The van der Waals surface area contributed by atoms with Gasteiger partial charge in [-0.2, -0.15) is 0 Å². The molecule has 0 amide bonds. The lowest BCUT2D eigenvalue weighted by molar-refractivity contribution is 0.0215. The molecule has 1 aliphatic carbocycles. The van der Waals surface area contributed by atoms with Crippen molar-refractivity contribution in [3.05, 3.63) is 0 Å². The van der Waals surface area contributed by atoms with Crippen LogP contribution >= 0.6 is 0 Å². The van der Waals surface area contributed by atoms with Crippen molar-refractivity contribution < 1.29 is 0 Å². The highest BCUT2D eigenvalue weighted by atomic mass is 14.7. The summed E-state index contributed by atoms with van der Waals surface area (Å²) in [6.45, 7) is 14.5. The van der Waals surface area contributed by atoms with Crippen LogP contribution in [0.1, 0.15) is 73.6 Å². The van der Waals surface area contributed by atoms with Gasteiger partial charge in [0.1, 0.15) is 0 Å². The topological polar surface area (TPSA) is 26.0 Å². The summed E-state index contributed by atoms with van der Waals surface area (Å²) in [5, 5.41) is 0. The number of hydrogen-bond donors (Lipinski definition) is 1.